The van der Waals surface area contributed by atoms with Crippen LogP contribution in [0.3, 0.4) is 0 Å². The molecular weight excluding hydrogens is 423 g/mol. The van der Waals surface area contributed by atoms with Crippen molar-refractivity contribution in [2.75, 3.05) is 16.3 Å². The summed E-state index contributed by atoms with van der Waals surface area (Å²) in [6.45, 7) is 0. The van der Waals surface area contributed by atoms with Gasteiger partial charge >= 0.3 is 0 Å². The largest absolute Gasteiger partial charge is 0.348 e. The van der Waals surface area contributed by atoms with Gasteiger partial charge in [-0.25, -0.2) is 8.42 Å². The van der Waals surface area contributed by atoms with E-state index in [1.807, 2.05) is 0 Å². The van der Waals surface area contributed by atoms with Crippen molar-refractivity contribution in [1.29, 1.82) is 0 Å². The van der Waals surface area contributed by atoms with Crippen molar-refractivity contribution in [3.05, 3.63) is 64.4 Å². The molecule has 0 aliphatic heterocycles. The minimum Gasteiger partial charge on any atom is -0.348 e. The van der Waals surface area contributed by atoms with Crippen LogP contribution in [0.4, 0.5) is 11.4 Å². The Morgan fingerprint density at radius 2 is 1.79 bits per heavy atom. The molecule has 10 heteroatoms. The Bertz CT molecular complexity index is 1140. The van der Waals surface area contributed by atoms with Crippen molar-refractivity contribution >= 4 is 50.5 Å². The van der Waals surface area contributed by atoms with Gasteiger partial charge in [0.05, 0.1) is 33.9 Å². The van der Waals surface area contributed by atoms with Gasteiger partial charge in [0.1, 0.15) is 0 Å². The number of hydrogen-bond donors (Lipinski definition) is 2. The molecular formula is C18H16Cl2N4O3S. The first-order valence-electron chi connectivity index (χ1n) is 7.99. The molecule has 0 saturated heterocycles. The van der Waals surface area contributed by atoms with Crippen LogP contribution >= 0.6 is 23.2 Å². The number of anilines is 2. The normalized spacial score (nSPS) is 11.3. The van der Waals surface area contributed by atoms with Crippen LogP contribution in [0.1, 0.15) is 10.4 Å². The summed E-state index contributed by atoms with van der Waals surface area (Å²) in [6.07, 6.45) is 4.23. The number of hydrogen-bond acceptors (Lipinski definition) is 4. The summed E-state index contributed by atoms with van der Waals surface area (Å²) in [5, 5.41) is 3.52. The van der Waals surface area contributed by atoms with E-state index in [4.69, 9.17) is 23.2 Å². The highest BCUT2D eigenvalue weighted by Gasteiger charge is 2.14. The van der Waals surface area contributed by atoms with Crippen LogP contribution in [0.5, 0.6) is 0 Å². The predicted molar refractivity (Wildman–Crippen MR) is 112 cm³/mol. The van der Waals surface area contributed by atoms with Crippen LogP contribution in [0.2, 0.25) is 10.0 Å². The van der Waals surface area contributed by atoms with Crippen LogP contribution < -0.4 is 10.0 Å². The highest BCUT2D eigenvalue weighted by molar-refractivity contribution is 7.92. The van der Waals surface area contributed by atoms with Gasteiger partial charge in [-0.05, 0) is 36.4 Å². The van der Waals surface area contributed by atoms with Gasteiger partial charge < -0.3 is 9.88 Å². The SMILES string of the molecule is Cn1cc(C(=O)Nc2cc(Cl)cc(NS(C)(=O)=O)c2)cc1-c1ccc(Cl)cn1. The number of aromatic nitrogens is 2. The van der Waals surface area contributed by atoms with Crippen LogP contribution in [-0.4, -0.2) is 30.1 Å². The quantitative estimate of drug-likeness (QED) is 0.628. The second-order valence-electron chi connectivity index (χ2n) is 6.14. The summed E-state index contributed by atoms with van der Waals surface area (Å²) in [7, 11) is -1.67. The lowest BCUT2D eigenvalue weighted by Gasteiger charge is -2.09. The van der Waals surface area contributed by atoms with E-state index in [9.17, 15) is 13.2 Å². The smallest absolute Gasteiger partial charge is 0.257 e. The molecule has 3 aromatic rings. The van der Waals surface area contributed by atoms with E-state index in [1.54, 1.807) is 36.0 Å². The van der Waals surface area contributed by atoms with Gasteiger partial charge in [-0.2, -0.15) is 0 Å². The van der Waals surface area contributed by atoms with Gasteiger partial charge in [-0.15, -0.1) is 0 Å². The second kappa shape index (κ2) is 7.83. The maximum absolute atomic E-state index is 12.6. The molecule has 146 valence electrons. The molecule has 0 aliphatic rings. The van der Waals surface area contributed by atoms with Crippen molar-refractivity contribution in [3.63, 3.8) is 0 Å². The molecule has 0 aliphatic carbocycles. The number of sulfonamides is 1. The fraction of sp³-hybridized carbons (Fsp3) is 0.111. The Labute approximate surface area is 172 Å². The molecule has 7 nitrogen and oxygen atoms in total. The standard InChI is InChI=1S/C18H16Cl2N4O3S/c1-24-10-11(5-17(24)16-4-3-12(19)9-21-16)18(25)22-14-6-13(20)7-15(8-14)23-28(2,26)27/h3-10,23H,1-2H3,(H,22,25). The van der Waals surface area contributed by atoms with Crippen molar-refractivity contribution in [2.45, 2.75) is 0 Å². The molecule has 2 aromatic heterocycles. The number of aryl methyl sites for hydroxylation is 1. The van der Waals surface area contributed by atoms with Gasteiger partial charge in [0.25, 0.3) is 5.91 Å². The van der Waals surface area contributed by atoms with Crippen LogP contribution in [0.15, 0.2) is 48.8 Å². The number of rotatable bonds is 5. The Morgan fingerprint density at radius 1 is 1.07 bits per heavy atom. The molecule has 0 fully saturated rings. The highest BCUT2D eigenvalue weighted by Crippen LogP contribution is 2.25. The average molecular weight is 439 g/mol. The zero-order valence-corrected chi connectivity index (χ0v) is 17.2. The molecule has 0 saturated carbocycles. The molecule has 2 heterocycles. The van der Waals surface area contributed by atoms with E-state index >= 15 is 0 Å². The fourth-order valence-corrected chi connectivity index (χ4v) is 3.50. The van der Waals surface area contributed by atoms with Gasteiger partial charge in [0, 0.05) is 30.2 Å². The van der Waals surface area contributed by atoms with Gasteiger partial charge in [0.15, 0.2) is 0 Å². The molecule has 0 spiro atoms. The lowest BCUT2D eigenvalue weighted by Crippen LogP contribution is -2.13. The van der Waals surface area contributed by atoms with Crippen LogP contribution in [0, 0.1) is 0 Å². The summed E-state index contributed by atoms with van der Waals surface area (Å²) in [4.78, 5) is 16.9. The molecule has 2 N–H and O–H groups in total. The van der Waals surface area contributed by atoms with Crippen molar-refractivity contribution in [2.24, 2.45) is 7.05 Å². The Kier molecular flexibility index (Phi) is 5.64. The molecule has 0 bridgehead atoms. The predicted octanol–water partition coefficient (Wildman–Crippen LogP) is 4.02. The van der Waals surface area contributed by atoms with E-state index in [1.165, 1.54) is 24.4 Å². The summed E-state index contributed by atoms with van der Waals surface area (Å²) < 4.78 is 26.9. The summed E-state index contributed by atoms with van der Waals surface area (Å²) in [5.74, 6) is -0.372. The van der Waals surface area contributed by atoms with E-state index in [0.29, 0.717) is 22.0 Å². The summed E-state index contributed by atoms with van der Waals surface area (Å²) in [5.41, 5.74) is 2.44. The number of carbonyl (C=O) groups excluding carboxylic acids is 1. The minimum absolute atomic E-state index is 0.254. The topological polar surface area (TPSA) is 93.1 Å². The van der Waals surface area contributed by atoms with Gasteiger partial charge in [-0.1, -0.05) is 23.2 Å². The van der Waals surface area contributed by atoms with Gasteiger partial charge in [-0.3, -0.25) is 14.5 Å². The Morgan fingerprint density at radius 3 is 2.43 bits per heavy atom. The third-order valence-corrected chi connectivity index (χ3v) is 4.76. The Hall–Kier alpha value is -2.55. The lowest BCUT2D eigenvalue weighted by atomic mass is 10.2. The van der Waals surface area contributed by atoms with E-state index in [2.05, 4.69) is 15.0 Å². The fourth-order valence-electron chi connectivity index (χ4n) is 2.61. The Balaban J connectivity index is 1.84. The van der Waals surface area contributed by atoms with Crippen LogP contribution in [0.25, 0.3) is 11.4 Å². The average Bonchev–Trinajstić information content (AvgIpc) is 2.95. The van der Waals surface area contributed by atoms with E-state index < -0.39 is 10.0 Å². The zero-order valence-electron chi connectivity index (χ0n) is 14.9. The molecule has 28 heavy (non-hydrogen) atoms. The highest BCUT2D eigenvalue weighted by atomic mass is 35.5. The first-order chi connectivity index (χ1) is 13.1. The van der Waals surface area contributed by atoms with Gasteiger partial charge in [0.2, 0.25) is 10.0 Å². The lowest BCUT2D eigenvalue weighted by molar-refractivity contribution is 0.102. The molecule has 0 radical (unpaired) electrons. The van der Waals surface area contributed by atoms with Crippen molar-refractivity contribution in [3.8, 4) is 11.4 Å². The minimum atomic E-state index is -3.47. The monoisotopic (exact) mass is 438 g/mol. The van der Waals surface area contributed by atoms with Crippen molar-refractivity contribution in [1.82, 2.24) is 9.55 Å². The third-order valence-electron chi connectivity index (χ3n) is 3.72. The number of nitrogens with one attached hydrogen (secondary N) is 2. The van der Waals surface area contributed by atoms with Crippen LogP contribution in [-0.2, 0) is 17.1 Å². The third kappa shape index (κ3) is 5.03. The zero-order chi connectivity index (χ0) is 20.5. The molecule has 0 unspecified atom stereocenters. The first kappa shape index (κ1) is 20.2. The number of amides is 1. The number of benzene rings is 1. The molecule has 3 rings (SSSR count). The van der Waals surface area contributed by atoms with Crippen molar-refractivity contribution < 1.29 is 13.2 Å². The summed E-state index contributed by atoms with van der Waals surface area (Å²) >= 11 is 11.9. The number of pyridine rings is 1. The van der Waals surface area contributed by atoms with E-state index in [0.717, 1.165) is 11.9 Å². The second-order valence-corrected chi connectivity index (χ2v) is 8.76. The number of carbonyl (C=O) groups is 1. The first-order valence-corrected chi connectivity index (χ1v) is 10.6. The number of halogens is 2. The maximum atomic E-state index is 12.6. The molecule has 1 aromatic carbocycles. The molecule has 1 amide bonds. The summed E-state index contributed by atoms with van der Waals surface area (Å²) in [6, 6.07) is 9.64. The number of nitrogens with zero attached hydrogens (tertiary/aromatic N) is 2. The van der Waals surface area contributed by atoms with E-state index in [-0.39, 0.29) is 16.6 Å². The maximum Gasteiger partial charge on any atom is 0.257 e. The molecule has 0 atom stereocenters.